The normalized spacial score (nSPS) is 19.9. The van der Waals surface area contributed by atoms with Crippen LogP contribution in [0.25, 0.3) is 0 Å². The van der Waals surface area contributed by atoms with Gasteiger partial charge in [-0.1, -0.05) is 0 Å². The highest BCUT2D eigenvalue weighted by molar-refractivity contribution is 5.76. The maximum absolute atomic E-state index is 11.7. The van der Waals surface area contributed by atoms with E-state index in [0.29, 0.717) is 38.4 Å². The first-order valence-electron chi connectivity index (χ1n) is 7.97. The van der Waals surface area contributed by atoms with Crippen LogP contribution >= 0.6 is 0 Å². The lowest BCUT2D eigenvalue weighted by atomic mass is 10.0. The zero-order valence-electron chi connectivity index (χ0n) is 14.4. The minimum absolute atomic E-state index is 0.129. The Morgan fingerprint density at radius 1 is 1.42 bits per heavy atom. The van der Waals surface area contributed by atoms with Crippen molar-refractivity contribution < 1.29 is 24.5 Å². The number of nitrogens with one attached hydrogen (secondary N) is 3. The van der Waals surface area contributed by atoms with E-state index in [9.17, 15) is 19.5 Å². The summed E-state index contributed by atoms with van der Waals surface area (Å²) in [7, 11) is 1.53. The highest BCUT2D eigenvalue weighted by Crippen LogP contribution is 2.13. The number of H-pyrrole nitrogens is 2. The van der Waals surface area contributed by atoms with Gasteiger partial charge in [0, 0.05) is 51.0 Å². The number of aliphatic hydroxyl groups excluding tert-OH is 1. The van der Waals surface area contributed by atoms with E-state index in [1.807, 2.05) is 4.90 Å². The molecule has 0 aromatic carbocycles. The fourth-order valence-corrected chi connectivity index (χ4v) is 2.74. The third-order valence-electron chi connectivity index (χ3n) is 3.61. The summed E-state index contributed by atoms with van der Waals surface area (Å²) in [6, 6.07) is 1.13. The van der Waals surface area contributed by atoms with Crippen molar-refractivity contribution in [2.24, 2.45) is 0 Å². The van der Waals surface area contributed by atoms with Crippen LogP contribution in [0.4, 0.5) is 0 Å². The standard InChI is InChI=1S/C14H22N4O5.CH2O2/c1-23-3-2-12(20)15-9-4-11(19)8-18(6-9)7-10-5-13(21)17-14(22)16-10;2-1-3/h5,9,11,19H,2-4,6-8H2,1H3,(H,15,20)(H2,16,17,21,22);1H,(H,2,3)/t9-,11+;/m0./s1. The molecule has 1 aromatic heterocycles. The summed E-state index contributed by atoms with van der Waals surface area (Å²) in [5.74, 6) is -0.129. The number of carboxylic acid groups (broad SMARTS) is 1. The molecule has 1 amide bonds. The number of rotatable bonds is 6. The van der Waals surface area contributed by atoms with Crippen LogP contribution in [0.15, 0.2) is 15.7 Å². The maximum atomic E-state index is 11.7. The van der Waals surface area contributed by atoms with Gasteiger partial charge in [0.05, 0.1) is 12.7 Å². The van der Waals surface area contributed by atoms with Crippen LogP contribution in [0.5, 0.6) is 0 Å². The molecule has 2 rings (SSSR count). The van der Waals surface area contributed by atoms with E-state index in [-0.39, 0.29) is 24.8 Å². The van der Waals surface area contributed by atoms with E-state index in [1.165, 1.54) is 13.2 Å². The number of methoxy groups -OCH3 is 1. The lowest BCUT2D eigenvalue weighted by Crippen LogP contribution is -2.52. The SMILES string of the molecule is COCCC(=O)N[C@H]1C[C@@H](O)CN(Cc2cc(=O)[nH]c(=O)[nH]2)C1.O=CO. The molecule has 1 saturated heterocycles. The van der Waals surface area contributed by atoms with E-state index in [4.69, 9.17) is 14.6 Å². The first kappa shape index (κ1) is 21.5. The maximum Gasteiger partial charge on any atom is 0.325 e. The van der Waals surface area contributed by atoms with Crippen molar-refractivity contribution in [1.82, 2.24) is 20.2 Å². The smallest absolute Gasteiger partial charge is 0.325 e. The Hall–Kier alpha value is -2.50. The summed E-state index contributed by atoms with van der Waals surface area (Å²) < 4.78 is 4.86. The van der Waals surface area contributed by atoms with Gasteiger partial charge in [-0.25, -0.2) is 4.79 Å². The number of piperidine rings is 1. The van der Waals surface area contributed by atoms with Gasteiger partial charge in [-0.3, -0.25) is 24.3 Å². The molecule has 2 heterocycles. The summed E-state index contributed by atoms with van der Waals surface area (Å²) >= 11 is 0. The molecule has 1 aliphatic heterocycles. The second kappa shape index (κ2) is 11.2. The van der Waals surface area contributed by atoms with Gasteiger partial charge >= 0.3 is 5.69 Å². The zero-order chi connectivity index (χ0) is 19.5. The lowest BCUT2D eigenvalue weighted by Gasteiger charge is -2.35. The molecule has 2 atom stereocenters. The Morgan fingerprint density at radius 2 is 2.12 bits per heavy atom. The van der Waals surface area contributed by atoms with Crippen molar-refractivity contribution in [3.05, 3.63) is 32.6 Å². The Bertz CT molecular complexity index is 659. The van der Waals surface area contributed by atoms with E-state index in [1.54, 1.807) is 0 Å². The molecule has 11 nitrogen and oxygen atoms in total. The Balaban J connectivity index is 0.00000105. The minimum Gasteiger partial charge on any atom is -0.483 e. The van der Waals surface area contributed by atoms with Crippen LogP contribution in [0.2, 0.25) is 0 Å². The molecule has 0 aliphatic carbocycles. The molecule has 26 heavy (non-hydrogen) atoms. The number of β-amino-alcohol motifs (C(OH)–C–C–N with tert-alkyl or cyclic N) is 1. The molecule has 0 bridgehead atoms. The summed E-state index contributed by atoms with van der Waals surface area (Å²) in [6.07, 6.45) is 0.163. The number of carbonyl (C=O) groups excluding carboxylic acids is 1. The van der Waals surface area contributed by atoms with Crippen LogP contribution in [0.1, 0.15) is 18.5 Å². The first-order chi connectivity index (χ1) is 12.4. The third kappa shape index (κ3) is 8.05. The summed E-state index contributed by atoms with van der Waals surface area (Å²) in [6.45, 7) is 1.36. The number of ether oxygens (including phenoxy) is 1. The van der Waals surface area contributed by atoms with Crippen LogP contribution in [0, 0.1) is 0 Å². The quantitative estimate of drug-likeness (QED) is 0.353. The Labute approximate surface area is 149 Å². The van der Waals surface area contributed by atoms with Crippen LogP contribution in [-0.2, 0) is 20.9 Å². The number of carbonyl (C=O) groups is 2. The second-order valence-corrected chi connectivity index (χ2v) is 5.81. The number of likely N-dealkylation sites (tertiary alicyclic amines) is 1. The fourth-order valence-electron chi connectivity index (χ4n) is 2.74. The molecular formula is C15H24N4O7. The molecule has 146 valence electrons. The molecule has 1 fully saturated rings. The molecule has 0 saturated carbocycles. The van der Waals surface area contributed by atoms with Gasteiger partial charge in [-0.05, 0) is 6.42 Å². The number of aromatic nitrogens is 2. The molecule has 0 radical (unpaired) electrons. The third-order valence-corrected chi connectivity index (χ3v) is 3.61. The summed E-state index contributed by atoms with van der Waals surface area (Å²) in [5.41, 5.74) is -0.558. The van der Waals surface area contributed by atoms with Gasteiger partial charge < -0.3 is 25.3 Å². The minimum atomic E-state index is -0.579. The van der Waals surface area contributed by atoms with Gasteiger partial charge in [-0.15, -0.1) is 0 Å². The van der Waals surface area contributed by atoms with Crippen molar-refractivity contribution in [3.63, 3.8) is 0 Å². The predicted molar refractivity (Wildman–Crippen MR) is 90.7 cm³/mol. The number of hydrogen-bond acceptors (Lipinski definition) is 7. The molecule has 5 N–H and O–H groups in total. The Morgan fingerprint density at radius 3 is 2.73 bits per heavy atom. The van der Waals surface area contributed by atoms with Crippen LogP contribution in [-0.4, -0.2) is 76.4 Å². The average molecular weight is 372 g/mol. The van der Waals surface area contributed by atoms with Gasteiger partial charge in [0.15, 0.2) is 0 Å². The molecule has 1 aliphatic rings. The predicted octanol–water partition coefficient (Wildman–Crippen LogP) is -2.15. The molecule has 1 aromatic rings. The van der Waals surface area contributed by atoms with Crippen LogP contribution in [0.3, 0.4) is 0 Å². The van der Waals surface area contributed by atoms with Crippen molar-refractivity contribution in [2.45, 2.75) is 31.5 Å². The lowest BCUT2D eigenvalue weighted by molar-refractivity contribution is -0.124. The zero-order valence-corrected chi connectivity index (χ0v) is 14.4. The fraction of sp³-hybridized carbons (Fsp3) is 0.600. The molecule has 11 heteroatoms. The highest BCUT2D eigenvalue weighted by Gasteiger charge is 2.27. The summed E-state index contributed by atoms with van der Waals surface area (Å²) in [4.78, 5) is 49.3. The molecule has 0 unspecified atom stereocenters. The number of aliphatic hydroxyl groups is 1. The Kier molecular flexibility index (Phi) is 9.26. The van der Waals surface area contributed by atoms with Crippen molar-refractivity contribution in [1.29, 1.82) is 0 Å². The topological polar surface area (TPSA) is 165 Å². The van der Waals surface area contributed by atoms with Gasteiger partial charge in [0.25, 0.3) is 12.0 Å². The number of aromatic amines is 2. The first-order valence-corrected chi connectivity index (χ1v) is 7.97. The van der Waals surface area contributed by atoms with E-state index < -0.39 is 17.4 Å². The van der Waals surface area contributed by atoms with E-state index in [0.717, 1.165) is 0 Å². The molecule has 0 spiro atoms. The van der Waals surface area contributed by atoms with Crippen LogP contribution < -0.4 is 16.6 Å². The van der Waals surface area contributed by atoms with Crippen molar-refractivity contribution in [3.8, 4) is 0 Å². The van der Waals surface area contributed by atoms with E-state index >= 15 is 0 Å². The van der Waals surface area contributed by atoms with E-state index in [2.05, 4.69) is 15.3 Å². The number of hydrogen-bond donors (Lipinski definition) is 5. The van der Waals surface area contributed by atoms with Crippen molar-refractivity contribution in [2.75, 3.05) is 26.8 Å². The van der Waals surface area contributed by atoms with Gasteiger partial charge in [-0.2, -0.15) is 0 Å². The molecular weight excluding hydrogens is 348 g/mol. The summed E-state index contributed by atoms with van der Waals surface area (Å²) in [5, 5.41) is 19.7. The van der Waals surface area contributed by atoms with Crippen molar-refractivity contribution >= 4 is 12.4 Å². The monoisotopic (exact) mass is 372 g/mol. The number of amides is 1. The second-order valence-electron chi connectivity index (χ2n) is 5.81. The largest absolute Gasteiger partial charge is 0.483 e. The highest BCUT2D eigenvalue weighted by atomic mass is 16.5. The average Bonchev–Trinajstić information content (AvgIpc) is 2.52. The van der Waals surface area contributed by atoms with Gasteiger partial charge in [0.1, 0.15) is 0 Å². The number of nitrogens with zero attached hydrogens (tertiary/aromatic N) is 1. The van der Waals surface area contributed by atoms with Gasteiger partial charge in [0.2, 0.25) is 5.91 Å².